The normalized spacial score (nSPS) is 16.6. The van der Waals surface area contributed by atoms with Crippen LogP contribution < -0.4 is 24.8 Å². The molecule has 2 aromatic carbocycles. The highest BCUT2D eigenvalue weighted by Gasteiger charge is 2.35. The van der Waals surface area contributed by atoms with Crippen LogP contribution in [0.25, 0.3) is 0 Å². The number of benzene rings is 2. The number of carbonyl (C=O) groups is 1. The van der Waals surface area contributed by atoms with E-state index in [2.05, 4.69) is 20.7 Å². The molecule has 0 fully saturated rings. The maximum Gasteiger partial charge on any atom is 0.255 e. The van der Waals surface area contributed by atoms with E-state index in [9.17, 15) is 4.79 Å². The molecule has 10 heteroatoms. The van der Waals surface area contributed by atoms with Crippen molar-refractivity contribution in [2.24, 2.45) is 0 Å². The maximum atomic E-state index is 13.8. The molecule has 0 saturated heterocycles. The molecule has 36 heavy (non-hydrogen) atoms. The number of hydrogen-bond acceptors (Lipinski definition) is 8. The van der Waals surface area contributed by atoms with E-state index in [1.165, 1.54) is 0 Å². The van der Waals surface area contributed by atoms with Gasteiger partial charge in [-0.05, 0) is 43.7 Å². The van der Waals surface area contributed by atoms with Crippen LogP contribution in [0.2, 0.25) is 0 Å². The third-order valence-electron chi connectivity index (χ3n) is 5.94. The first-order chi connectivity index (χ1) is 17.6. The number of allylic oxidation sites excluding steroid dienone is 1. The second kappa shape index (κ2) is 10.3. The van der Waals surface area contributed by atoms with Gasteiger partial charge in [0.2, 0.25) is 5.95 Å². The number of aromatic nitrogens is 3. The van der Waals surface area contributed by atoms with Gasteiger partial charge in [-0.3, -0.25) is 4.79 Å². The van der Waals surface area contributed by atoms with Gasteiger partial charge in [0.25, 0.3) is 5.91 Å². The number of rotatable bonds is 7. The van der Waals surface area contributed by atoms with Gasteiger partial charge in [-0.25, -0.2) is 4.68 Å². The van der Waals surface area contributed by atoms with E-state index in [-0.39, 0.29) is 12.5 Å². The molecule has 2 aliphatic heterocycles. The average Bonchev–Trinajstić information content (AvgIpc) is 3.11. The van der Waals surface area contributed by atoms with Gasteiger partial charge in [0.15, 0.2) is 17.3 Å². The quantitative estimate of drug-likeness (QED) is 0.512. The minimum atomic E-state index is -0.559. The first-order valence-corrected chi connectivity index (χ1v) is 11.9. The lowest BCUT2D eigenvalue weighted by Gasteiger charge is -2.29. The number of methoxy groups -OCH3 is 1. The third kappa shape index (κ3) is 4.59. The van der Waals surface area contributed by atoms with E-state index >= 15 is 0 Å². The van der Waals surface area contributed by atoms with Gasteiger partial charge in [0.1, 0.15) is 18.4 Å². The van der Waals surface area contributed by atoms with Crippen molar-refractivity contribution in [2.45, 2.75) is 32.9 Å². The Kier molecular flexibility index (Phi) is 6.77. The molecule has 3 aromatic rings. The van der Waals surface area contributed by atoms with Crippen LogP contribution in [0.4, 0.5) is 11.6 Å². The molecule has 188 valence electrons. The van der Waals surface area contributed by atoms with Crippen LogP contribution in [0.15, 0.2) is 53.7 Å². The van der Waals surface area contributed by atoms with E-state index in [4.69, 9.17) is 18.9 Å². The zero-order chi connectivity index (χ0) is 25.1. The van der Waals surface area contributed by atoms with E-state index in [0.29, 0.717) is 65.8 Å². The largest absolute Gasteiger partial charge is 0.492 e. The standard InChI is InChI=1S/C26H29N5O5/c1-4-34-19-9-6-5-8-18(19)28-25(32)23-16(2)27-26-29-22(15-33-3)30-31(26)24(23)17-10-11-20-21(14-17)36-13-7-12-35-20/h5-6,8-11,14,24H,4,7,12-13,15H2,1-3H3,(H,28,32)(H,27,29,30). The van der Waals surface area contributed by atoms with Crippen molar-refractivity contribution in [3.05, 3.63) is 65.1 Å². The SMILES string of the molecule is CCOc1ccccc1NC(=O)C1=C(C)Nc2nc(COC)nn2C1c1ccc2c(c1)OCCCO2. The molecule has 1 unspecified atom stereocenters. The van der Waals surface area contributed by atoms with E-state index in [1.807, 2.05) is 56.3 Å². The van der Waals surface area contributed by atoms with Crippen LogP contribution in [-0.4, -0.2) is 47.6 Å². The Morgan fingerprint density at radius 2 is 2.00 bits per heavy atom. The summed E-state index contributed by atoms with van der Waals surface area (Å²) in [7, 11) is 1.59. The Balaban J connectivity index is 1.57. The molecule has 10 nitrogen and oxygen atoms in total. The monoisotopic (exact) mass is 491 g/mol. The van der Waals surface area contributed by atoms with Crippen molar-refractivity contribution in [2.75, 3.05) is 37.6 Å². The first kappa shape index (κ1) is 23.7. The summed E-state index contributed by atoms with van der Waals surface area (Å²) in [6, 6.07) is 12.5. The molecular formula is C26H29N5O5. The smallest absolute Gasteiger partial charge is 0.255 e. The maximum absolute atomic E-state index is 13.8. The first-order valence-electron chi connectivity index (χ1n) is 11.9. The molecule has 2 aliphatic rings. The lowest BCUT2D eigenvalue weighted by molar-refractivity contribution is -0.113. The predicted octanol–water partition coefficient (Wildman–Crippen LogP) is 3.91. The molecule has 1 atom stereocenters. The number of nitrogens with one attached hydrogen (secondary N) is 2. The van der Waals surface area contributed by atoms with Crippen molar-refractivity contribution in [3.63, 3.8) is 0 Å². The number of anilines is 2. The highest BCUT2D eigenvalue weighted by molar-refractivity contribution is 6.06. The number of fused-ring (bicyclic) bond motifs is 2. The topological polar surface area (TPSA) is 109 Å². The Bertz CT molecular complexity index is 1300. The van der Waals surface area contributed by atoms with Crippen LogP contribution in [0, 0.1) is 0 Å². The van der Waals surface area contributed by atoms with Crippen LogP contribution in [0.3, 0.4) is 0 Å². The molecular weight excluding hydrogens is 462 g/mol. The molecule has 0 spiro atoms. The summed E-state index contributed by atoms with van der Waals surface area (Å²) in [4.78, 5) is 18.4. The van der Waals surface area contributed by atoms with Crippen molar-refractivity contribution < 1.29 is 23.7 Å². The molecule has 0 aliphatic carbocycles. The summed E-state index contributed by atoms with van der Waals surface area (Å²) in [6.45, 7) is 5.65. The summed E-state index contributed by atoms with van der Waals surface area (Å²) < 4.78 is 24.4. The Hall–Kier alpha value is -4.05. The van der Waals surface area contributed by atoms with Gasteiger partial charge < -0.3 is 29.6 Å². The van der Waals surface area contributed by atoms with Crippen LogP contribution >= 0.6 is 0 Å². The second-order valence-electron chi connectivity index (χ2n) is 8.44. The van der Waals surface area contributed by atoms with Gasteiger partial charge in [-0.1, -0.05) is 18.2 Å². The molecule has 1 aromatic heterocycles. The Morgan fingerprint density at radius 1 is 1.19 bits per heavy atom. The summed E-state index contributed by atoms with van der Waals surface area (Å²) in [5, 5.41) is 10.9. The molecule has 2 N–H and O–H groups in total. The molecule has 1 amide bonds. The fourth-order valence-corrected chi connectivity index (χ4v) is 4.38. The lowest BCUT2D eigenvalue weighted by Crippen LogP contribution is -2.31. The highest BCUT2D eigenvalue weighted by Crippen LogP contribution is 2.40. The van der Waals surface area contributed by atoms with Crippen molar-refractivity contribution >= 4 is 17.5 Å². The predicted molar refractivity (Wildman–Crippen MR) is 133 cm³/mol. The van der Waals surface area contributed by atoms with E-state index < -0.39 is 6.04 Å². The molecule has 5 rings (SSSR count). The number of hydrogen-bond donors (Lipinski definition) is 2. The fourth-order valence-electron chi connectivity index (χ4n) is 4.38. The van der Waals surface area contributed by atoms with Gasteiger partial charge >= 0.3 is 0 Å². The van der Waals surface area contributed by atoms with Crippen molar-refractivity contribution in [1.29, 1.82) is 0 Å². The minimum Gasteiger partial charge on any atom is -0.492 e. The van der Waals surface area contributed by atoms with Gasteiger partial charge in [0, 0.05) is 19.2 Å². The summed E-state index contributed by atoms with van der Waals surface area (Å²) in [5.74, 6) is 2.69. The highest BCUT2D eigenvalue weighted by atomic mass is 16.5. The van der Waals surface area contributed by atoms with E-state index in [0.717, 1.165) is 12.0 Å². The van der Waals surface area contributed by atoms with Crippen LogP contribution in [-0.2, 0) is 16.1 Å². The lowest BCUT2D eigenvalue weighted by atomic mass is 9.94. The van der Waals surface area contributed by atoms with Crippen LogP contribution in [0.5, 0.6) is 17.2 Å². The molecule has 0 radical (unpaired) electrons. The summed E-state index contributed by atoms with van der Waals surface area (Å²) in [5.41, 5.74) is 2.57. The molecule has 0 saturated carbocycles. The number of nitrogens with zero attached hydrogens (tertiary/aromatic N) is 3. The van der Waals surface area contributed by atoms with Crippen molar-refractivity contribution in [1.82, 2.24) is 14.8 Å². The average molecular weight is 492 g/mol. The molecule has 3 heterocycles. The fraction of sp³-hybridized carbons (Fsp3) is 0.346. The number of amides is 1. The summed E-state index contributed by atoms with van der Waals surface area (Å²) >= 11 is 0. The Morgan fingerprint density at radius 3 is 2.81 bits per heavy atom. The van der Waals surface area contributed by atoms with Crippen LogP contribution in [0.1, 0.15) is 37.7 Å². The van der Waals surface area contributed by atoms with Gasteiger partial charge in [-0.15, -0.1) is 0 Å². The number of carbonyl (C=O) groups excluding carboxylic acids is 1. The third-order valence-corrected chi connectivity index (χ3v) is 5.94. The zero-order valence-electron chi connectivity index (χ0n) is 20.5. The van der Waals surface area contributed by atoms with E-state index in [1.54, 1.807) is 11.8 Å². The molecule has 0 bridgehead atoms. The summed E-state index contributed by atoms with van der Waals surface area (Å²) in [6.07, 6.45) is 0.802. The number of ether oxygens (including phenoxy) is 4. The van der Waals surface area contributed by atoms with Gasteiger partial charge in [0.05, 0.1) is 31.1 Å². The van der Waals surface area contributed by atoms with Gasteiger partial charge in [-0.2, -0.15) is 10.1 Å². The van der Waals surface area contributed by atoms with Crippen molar-refractivity contribution in [3.8, 4) is 17.2 Å². The number of para-hydroxylation sites is 2. The zero-order valence-corrected chi connectivity index (χ0v) is 20.5. The Labute approximate surface area is 209 Å². The minimum absolute atomic E-state index is 0.248. The second-order valence-corrected chi connectivity index (χ2v) is 8.44.